The number of ether oxygens (including phenoxy) is 2. The number of carbonyl (C=O) groups is 1. The summed E-state index contributed by atoms with van der Waals surface area (Å²) in [6.07, 6.45) is 0. The van der Waals surface area contributed by atoms with Crippen LogP contribution in [0.15, 0.2) is 22.7 Å². The molecule has 0 aliphatic carbocycles. The van der Waals surface area contributed by atoms with E-state index in [0.29, 0.717) is 23.4 Å². The molecule has 6 heteroatoms. The van der Waals surface area contributed by atoms with Crippen molar-refractivity contribution in [2.45, 2.75) is 0 Å². The molecule has 17 heavy (non-hydrogen) atoms. The molecule has 1 N–H and O–H groups in total. The molecular weight excluding hydrogens is 293 g/mol. The van der Waals surface area contributed by atoms with Gasteiger partial charge in [0.1, 0.15) is 12.4 Å². The summed E-state index contributed by atoms with van der Waals surface area (Å²) in [4.78, 5) is 11.4. The molecule has 1 aromatic rings. The fourth-order valence-corrected chi connectivity index (χ4v) is 1.32. The van der Waals surface area contributed by atoms with Crippen molar-refractivity contribution in [3.63, 3.8) is 0 Å². The summed E-state index contributed by atoms with van der Waals surface area (Å²) in [5, 5.41) is 2.52. The van der Waals surface area contributed by atoms with Gasteiger partial charge < -0.3 is 14.8 Å². The van der Waals surface area contributed by atoms with Crippen LogP contribution in [-0.2, 0) is 14.3 Å². The van der Waals surface area contributed by atoms with Crippen molar-refractivity contribution >= 4 is 27.5 Å². The van der Waals surface area contributed by atoms with E-state index in [2.05, 4.69) is 21.2 Å². The first kappa shape index (κ1) is 14.1. The standard InChI is InChI=1S/C11H13BrFNO3/c1-16-4-5-17-7-11(15)14-8-2-3-9(12)10(13)6-8/h2-3,6H,4-5,7H2,1H3,(H,14,15). The number of methoxy groups -OCH3 is 1. The average Bonchev–Trinajstić information content (AvgIpc) is 2.30. The SMILES string of the molecule is COCCOCC(=O)Nc1ccc(Br)c(F)c1. The van der Waals surface area contributed by atoms with Crippen LogP contribution in [0.5, 0.6) is 0 Å². The van der Waals surface area contributed by atoms with Crippen molar-refractivity contribution < 1.29 is 18.7 Å². The zero-order valence-electron chi connectivity index (χ0n) is 9.33. The number of rotatable bonds is 6. The van der Waals surface area contributed by atoms with Crippen LogP contribution in [0.4, 0.5) is 10.1 Å². The molecular formula is C11H13BrFNO3. The summed E-state index contributed by atoms with van der Waals surface area (Å²) in [5.41, 5.74) is 0.394. The van der Waals surface area contributed by atoms with Gasteiger partial charge in [0.15, 0.2) is 0 Å². The largest absolute Gasteiger partial charge is 0.382 e. The Morgan fingerprint density at radius 2 is 2.24 bits per heavy atom. The first-order valence-electron chi connectivity index (χ1n) is 4.95. The Kier molecular flexibility index (Phi) is 6.10. The van der Waals surface area contributed by atoms with E-state index in [0.717, 1.165) is 0 Å². The van der Waals surface area contributed by atoms with Gasteiger partial charge in [-0.2, -0.15) is 0 Å². The molecule has 1 aromatic carbocycles. The summed E-state index contributed by atoms with van der Waals surface area (Å²) in [6.45, 7) is 0.694. The Morgan fingerprint density at radius 3 is 2.88 bits per heavy atom. The second-order valence-electron chi connectivity index (χ2n) is 3.22. The van der Waals surface area contributed by atoms with Crippen LogP contribution >= 0.6 is 15.9 Å². The van der Waals surface area contributed by atoms with Crippen molar-refractivity contribution in [1.82, 2.24) is 0 Å². The molecule has 0 aromatic heterocycles. The van der Waals surface area contributed by atoms with Gasteiger partial charge in [0.2, 0.25) is 5.91 Å². The first-order chi connectivity index (χ1) is 8.13. The number of halogens is 2. The van der Waals surface area contributed by atoms with Crippen LogP contribution in [0.2, 0.25) is 0 Å². The van der Waals surface area contributed by atoms with Gasteiger partial charge in [0.25, 0.3) is 0 Å². The smallest absolute Gasteiger partial charge is 0.250 e. The molecule has 94 valence electrons. The molecule has 0 unspecified atom stereocenters. The second-order valence-corrected chi connectivity index (χ2v) is 4.08. The summed E-state index contributed by atoms with van der Waals surface area (Å²) < 4.78 is 23.3. The van der Waals surface area contributed by atoms with Gasteiger partial charge in [0.05, 0.1) is 17.7 Å². The Labute approximate surface area is 107 Å². The minimum absolute atomic E-state index is 0.0823. The molecule has 0 aliphatic heterocycles. The third-order valence-corrected chi connectivity index (χ3v) is 2.51. The Morgan fingerprint density at radius 1 is 1.47 bits per heavy atom. The van der Waals surface area contributed by atoms with E-state index in [4.69, 9.17) is 9.47 Å². The van der Waals surface area contributed by atoms with Crippen LogP contribution in [0, 0.1) is 5.82 Å². The van der Waals surface area contributed by atoms with E-state index in [-0.39, 0.29) is 12.5 Å². The number of anilines is 1. The van der Waals surface area contributed by atoms with Crippen LogP contribution in [0.25, 0.3) is 0 Å². The fraction of sp³-hybridized carbons (Fsp3) is 0.364. The molecule has 1 amide bonds. The van der Waals surface area contributed by atoms with E-state index in [1.165, 1.54) is 12.1 Å². The number of nitrogens with one attached hydrogen (secondary N) is 1. The topological polar surface area (TPSA) is 47.6 Å². The van der Waals surface area contributed by atoms with E-state index >= 15 is 0 Å². The maximum atomic E-state index is 13.1. The predicted octanol–water partition coefficient (Wildman–Crippen LogP) is 2.19. The highest BCUT2D eigenvalue weighted by molar-refractivity contribution is 9.10. The van der Waals surface area contributed by atoms with Crippen LogP contribution in [0.3, 0.4) is 0 Å². The summed E-state index contributed by atoms with van der Waals surface area (Å²) in [5.74, 6) is -0.758. The minimum Gasteiger partial charge on any atom is -0.382 e. The number of amides is 1. The minimum atomic E-state index is -0.428. The summed E-state index contributed by atoms with van der Waals surface area (Å²) in [6, 6.07) is 4.36. The van der Waals surface area contributed by atoms with Gasteiger partial charge in [-0.3, -0.25) is 4.79 Å². The average molecular weight is 306 g/mol. The van der Waals surface area contributed by atoms with Crippen LogP contribution < -0.4 is 5.32 Å². The second kappa shape index (κ2) is 7.37. The summed E-state index contributed by atoms with van der Waals surface area (Å²) >= 11 is 3.03. The molecule has 0 saturated heterocycles. The zero-order chi connectivity index (χ0) is 12.7. The van der Waals surface area contributed by atoms with Gasteiger partial charge in [0, 0.05) is 12.8 Å². The Balaban J connectivity index is 2.37. The lowest BCUT2D eigenvalue weighted by atomic mass is 10.3. The van der Waals surface area contributed by atoms with Crippen molar-refractivity contribution in [2.24, 2.45) is 0 Å². The van der Waals surface area contributed by atoms with E-state index in [1.54, 1.807) is 13.2 Å². The monoisotopic (exact) mass is 305 g/mol. The van der Waals surface area contributed by atoms with Gasteiger partial charge in [-0.05, 0) is 34.1 Å². The molecule has 0 atom stereocenters. The molecule has 0 fully saturated rings. The number of benzene rings is 1. The lowest BCUT2D eigenvalue weighted by molar-refractivity contribution is -0.121. The fourth-order valence-electron chi connectivity index (χ4n) is 1.08. The molecule has 0 spiro atoms. The first-order valence-corrected chi connectivity index (χ1v) is 5.74. The van der Waals surface area contributed by atoms with Gasteiger partial charge >= 0.3 is 0 Å². The highest BCUT2D eigenvalue weighted by Crippen LogP contribution is 2.19. The predicted molar refractivity (Wildman–Crippen MR) is 65.4 cm³/mol. The van der Waals surface area contributed by atoms with E-state index in [9.17, 15) is 9.18 Å². The maximum absolute atomic E-state index is 13.1. The normalized spacial score (nSPS) is 10.3. The maximum Gasteiger partial charge on any atom is 0.250 e. The van der Waals surface area contributed by atoms with E-state index in [1.807, 2.05) is 0 Å². The molecule has 0 bridgehead atoms. The molecule has 0 saturated carbocycles. The number of hydrogen-bond donors (Lipinski definition) is 1. The lowest BCUT2D eigenvalue weighted by Gasteiger charge is -2.06. The van der Waals surface area contributed by atoms with Gasteiger partial charge in [-0.25, -0.2) is 4.39 Å². The highest BCUT2D eigenvalue weighted by atomic mass is 79.9. The molecule has 0 radical (unpaired) electrons. The van der Waals surface area contributed by atoms with Crippen LogP contribution in [0.1, 0.15) is 0 Å². The zero-order valence-corrected chi connectivity index (χ0v) is 10.9. The molecule has 4 nitrogen and oxygen atoms in total. The molecule has 0 heterocycles. The van der Waals surface area contributed by atoms with E-state index < -0.39 is 5.82 Å². The number of carbonyl (C=O) groups excluding carboxylic acids is 1. The van der Waals surface area contributed by atoms with Gasteiger partial charge in [-0.15, -0.1) is 0 Å². The molecule has 0 aliphatic rings. The van der Waals surface area contributed by atoms with Crippen molar-refractivity contribution in [2.75, 3.05) is 32.2 Å². The third kappa shape index (κ3) is 5.25. The Bertz CT molecular complexity index is 387. The highest BCUT2D eigenvalue weighted by Gasteiger charge is 2.05. The van der Waals surface area contributed by atoms with Crippen LogP contribution in [-0.4, -0.2) is 32.8 Å². The van der Waals surface area contributed by atoms with Crippen molar-refractivity contribution in [1.29, 1.82) is 0 Å². The Hall–Kier alpha value is -0.980. The molecule has 1 rings (SSSR count). The third-order valence-electron chi connectivity index (χ3n) is 1.87. The quantitative estimate of drug-likeness (QED) is 0.820. The number of hydrogen-bond acceptors (Lipinski definition) is 3. The van der Waals surface area contributed by atoms with Crippen molar-refractivity contribution in [3.05, 3.63) is 28.5 Å². The van der Waals surface area contributed by atoms with Gasteiger partial charge in [-0.1, -0.05) is 0 Å². The van der Waals surface area contributed by atoms with Crippen molar-refractivity contribution in [3.8, 4) is 0 Å². The lowest BCUT2D eigenvalue weighted by Crippen LogP contribution is -2.19. The summed E-state index contributed by atoms with van der Waals surface area (Å²) in [7, 11) is 1.55.